The van der Waals surface area contributed by atoms with E-state index in [-0.39, 0.29) is 18.0 Å². The van der Waals surface area contributed by atoms with Crippen LogP contribution in [-0.4, -0.2) is 59.9 Å². The van der Waals surface area contributed by atoms with Gasteiger partial charge in [-0.15, -0.1) is 0 Å². The smallest absolute Gasteiger partial charge is 0.325 e. The maximum Gasteiger partial charge on any atom is 0.325 e. The lowest BCUT2D eigenvalue weighted by molar-refractivity contribution is -0.144. The molecule has 0 bridgehead atoms. The molecule has 1 aliphatic rings. The van der Waals surface area contributed by atoms with E-state index < -0.39 is 22.0 Å². The molecule has 146 valence electrons. The molecule has 0 amide bonds. The number of para-hydroxylation sites is 1. The minimum Gasteiger partial charge on any atom is -0.480 e. The summed E-state index contributed by atoms with van der Waals surface area (Å²) in [6.45, 7) is 1.21. The zero-order valence-corrected chi connectivity index (χ0v) is 16.0. The van der Waals surface area contributed by atoms with Crippen LogP contribution in [0, 0.1) is 0 Å². The molecule has 1 atom stereocenters. The topological polar surface area (TPSA) is 93.7 Å². The normalized spacial score (nSPS) is 17.6. The van der Waals surface area contributed by atoms with E-state index >= 15 is 0 Å². The van der Waals surface area contributed by atoms with E-state index in [4.69, 9.17) is 0 Å². The fourth-order valence-corrected chi connectivity index (χ4v) is 5.19. The number of piperazine rings is 1. The first-order valence-corrected chi connectivity index (χ1v) is 10.5. The summed E-state index contributed by atoms with van der Waals surface area (Å²) in [7, 11) is -3.57. The van der Waals surface area contributed by atoms with E-state index in [0.29, 0.717) is 18.7 Å². The summed E-state index contributed by atoms with van der Waals surface area (Å²) in [5.41, 5.74) is 1.58. The number of hydrogen-bond donors (Lipinski definition) is 2. The highest BCUT2D eigenvalue weighted by Gasteiger charge is 2.35. The van der Waals surface area contributed by atoms with Gasteiger partial charge in [0.2, 0.25) is 10.0 Å². The molecule has 0 aliphatic carbocycles. The number of nitrogens with one attached hydrogen (secondary N) is 1. The van der Waals surface area contributed by atoms with Crippen LogP contribution in [0.3, 0.4) is 0 Å². The molecule has 1 aliphatic heterocycles. The Kier molecular flexibility index (Phi) is 4.92. The first-order chi connectivity index (χ1) is 13.5. The lowest BCUT2D eigenvalue weighted by Gasteiger charge is -2.37. The summed E-state index contributed by atoms with van der Waals surface area (Å²) < 4.78 is 27.0. The molecule has 2 aromatic carbocycles. The van der Waals surface area contributed by atoms with E-state index in [1.54, 1.807) is 36.5 Å². The molecule has 0 radical (unpaired) electrons. The number of aromatic nitrogens is 1. The highest BCUT2D eigenvalue weighted by molar-refractivity contribution is 7.89. The Morgan fingerprint density at radius 1 is 0.964 bits per heavy atom. The molecule has 1 saturated heterocycles. The van der Waals surface area contributed by atoms with Gasteiger partial charge in [-0.1, -0.05) is 36.4 Å². The maximum absolute atomic E-state index is 12.8. The van der Waals surface area contributed by atoms with Gasteiger partial charge in [-0.25, -0.2) is 8.42 Å². The summed E-state index contributed by atoms with van der Waals surface area (Å²) in [5.74, 6) is -0.941. The number of hydrogen-bond acceptors (Lipinski definition) is 4. The second-order valence-corrected chi connectivity index (χ2v) is 8.72. The summed E-state index contributed by atoms with van der Waals surface area (Å²) in [5, 5.41) is 10.7. The van der Waals surface area contributed by atoms with Crippen molar-refractivity contribution < 1.29 is 18.3 Å². The van der Waals surface area contributed by atoms with Gasteiger partial charge in [-0.2, -0.15) is 4.31 Å². The van der Waals surface area contributed by atoms with E-state index in [1.807, 2.05) is 29.2 Å². The van der Waals surface area contributed by atoms with Crippen LogP contribution in [0.2, 0.25) is 0 Å². The third kappa shape index (κ3) is 3.30. The predicted octanol–water partition coefficient (Wildman–Crippen LogP) is 2.30. The van der Waals surface area contributed by atoms with Crippen LogP contribution in [0.5, 0.6) is 0 Å². The summed E-state index contributed by atoms with van der Waals surface area (Å²) >= 11 is 0. The number of benzene rings is 2. The van der Waals surface area contributed by atoms with Crippen LogP contribution in [0.15, 0.2) is 65.7 Å². The third-order valence-electron chi connectivity index (χ3n) is 5.17. The Labute approximate surface area is 163 Å². The number of carbonyl (C=O) groups is 1. The molecule has 4 rings (SSSR count). The number of rotatable bonds is 5. The van der Waals surface area contributed by atoms with Crippen molar-refractivity contribution in [3.8, 4) is 0 Å². The summed E-state index contributed by atoms with van der Waals surface area (Å²) in [6.07, 6.45) is 1.73. The molecule has 3 aromatic rings. The number of H-pyrrole nitrogens is 1. The minimum absolute atomic E-state index is 0.253. The zero-order chi connectivity index (χ0) is 19.7. The molecule has 0 saturated carbocycles. The van der Waals surface area contributed by atoms with Gasteiger partial charge in [0.05, 0.1) is 4.90 Å². The van der Waals surface area contributed by atoms with E-state index in [0.717, 1.165) is 10.9 Å². The SMILES string of the molecule is O=C(O)[C@@H](c1c[nH]c2ccccc12)N1CCN(S(=O)(=O)c2ccccc2)CC1. The lowest BCUT2D eigenvalue weighted by atomic mass is 10.0. The van der Waals surface area contributed by atoms with Crippen molar-refractivity contribution in [1.29, 1.82) is 0 Å². The number of aromatic amines is 1. The molecule has 1 fully saturated rings. The molecule has 0 unspecified atom stereocenters. The average Bonchev–Trinajstić information content (AvgIpc) is 3.13. The van der Waals surface area contributed by atoms with Gasteiger partial charge in [-0.3, -0.25) is 9.69 Å². The third-order valence-corrected chi connectivity index (χ3v) is 7.08. The number of aliphatic carboxylic acids is 1. The number of carboxylic acids is 1. The zero-order valence-electron chi connectivity index (χ0n) is 15.2. The Morgan fingerprint density at radius 2 is 1.61 bits per heavy atom. The largest absolute Gasteiger partial charge is 0.480 e. The second-order valence-electron chi connectivity index (χ2n) is 6.78. The van der Waals surface area contributed by atoms with Gasteiger partial charge in [0.15, 0.2) is 0 Å². The molecule has 28 heavy (non-hydrogen) atoms. The van der Waals surface area contributed by atoms with Crippen molar-refractivity contribution >= 4 is 26.9 Å². The van der Waals surface area contributed by atoms with Gasteiger partial charge in [0.25, 0.3) is 0 Å². The Morgan fingerprint density at radius 3 is 2.29 bits per heavy atom. The monoisotopic (exact) mass is 399 g/mol. The molecular formula is C20H21N3O4S. The Bertz CT molecular complexity index is 1090. The minimum atomic E-state index is -3.57. The van der Waals surface area contributed by atoms with Crippen LogP contribution in [-0.2, 0) is 14.8 Å². The van der Waals surface area contributed by atoms with Crippen molar-refractivity contribution in [3.05, 3.63) is 66.4 Å². The summed E-state index contributed by atoms with van der Waals surface area (Å²) in [4.78, 5) is 17.3. The highest BCUT2D eigenvalue weighted by Crippen LogP contribution is 2.30. The van der Waals surface area contributed by atoms with Crippen molar-refractivity contribution in [2.45, 2.75) is 10.9 Å². The molecular weight excluding hydrogens is 378 g/mol. The van der Waals surface area contributed by atoms with Gasteiger partial charge >= 0.3 is 5.97 Å². The van der Waals surface area contributed by atoms with E-state index in [2.05, 4.69) is 4.98 Å². The molecule has 2 heterocycles. The van der Waals surface area contributed by atoms with Crippen molar-refractivity contribution in [2.24, 2.45) is 0 Å². The highest BCUT2D eigenvalue weighted by atomic mass is 32.2. The molecule has 1 aromatic heterocycles. The number of nitrogens with zero attached hydrogens (tertiary/aromatic N) is 2. The average molecular weight is 399 g/mol. The standard InChI is InChI=1S/C20H21N3O4S/c24-20(25)19(17-14-21-18-9-5-4-8-16(17)18)22-10-12-23(13-11-22)28(26,27)15-6-2-1-3-7-15/h1-9,14,19,21H,10-13H2,(H,24,25)/t19-/m1/s1. The van der Waals surface area contributed by atoms with Gasteiger partial charge in [-0.05, 0) is 18.2 Å². The summed E-state index contributed by atoms with van der Waals surface area (Å²) in [6, 6.07) is 15.1. The van der Waals surface area contributed by atoms with Crippen molar-refractivity contribution in [2.75, 3.05) is 26.2 Å². The van der Waals surface area contributed by atoms with E-state index in [1.165, 1.54) is 4.31 Å². The van der Waals surface area contributed by atoms with Crippen LogP contribution < -0.4 is 0 Å². The fourth-order valence-electron chi connectivity index (χ4n) is 3.75. The maximum atomic E-state index is 12.8. The van der Waals surface area contributed by atoms with Crippen molar-refractivity contribution in [3.63, 3.8) is 0 Å². The van der Waals surface area contributed by atoms with E-state index in [9.17, 15) is 18.3 Å². The van der Waals surface area contributed by atoms with Crippen LogP contribution in [0.1, 0.15) is 11.6 Å². The molecule has 2 N–H and O–H groups in total. The fraction of sp³-hybridized carbons (Fsp3) is 0.250. The first kappa shape index (κ1) is 18.7. The van der Waals surface area contributed by atoms with Crippen molar-refractivity contribution in [1.82, 2.24) is 14.2 Å². The Hall–Kier alpha value is -2.68. The number of fused-ring (bicyclic) bond motifs is 1. The van der Waals surface area contributed by atoms with Gasteiger partial charge < -0.3 is 10.1 Å². The number of carboxylic acid groups (broad SMARTS) is 1. The van der Waals surface area contributed by atoms with Gasteiger partial charge in [0, 0.05) is 48.8 Å². The Balaban J connectivity index is 1.55. The predicted molar refractivity (Wildman–Crippen MR) is 105 cm³/mol. The van der Waals surface area contributed by atoms with Crippen LogP contribution in [0.4, 0.5) is 0 Å². The molecule has 7 nitrogen and oxygen atoms in total. The van der Waals surface area contributed by atoms with Crippen LogP contribution >= 0.6 is 0 Å². The van der Waals surface area contributed by atoms with Crippen LogP contribution in [0.25, 0.3) is 10.9 Å². The number of sulfonamides is 1. The van der Waals surface area contributed by atoms with Gasteiger partial charge in [0.1, 0.15) is 6.04 Å². The molecule has 0 spiro atoms. The quantitative estimate of drug-likeness (QED) is 0.687. The lowest BCUT2D eigenvalue weighted by Crippen LogP contribution is -2.50. The molecule has 8 heteroatoms. The second kappa shape index (κ2) is 7.38. The first-order valence-electron chi connectivity index (χ1n) is 9.06.